The molecule has 0 unspecified atom stereocenters. The number of ether oxygens (including phenoxy) is 15. The van der Waals surface area contributed by atoms with Crippen LogP contribution in [0.15, 0.2) is 0 Å². The van der Waals surface area contributed by atoms with Crippen molar-refractivity contribution in [1.82, 2.24) is 26.6 Å². The fraction of sp³-hybridized carbons (Fsp3) is 0.914. The molecule has 0 aromatic heterocycles. The summed E-state index contributed by atoms with van der Waals surface area (Å²) in [4.78, 5) is 63.7. The molecule has 0 saturated carbocycles. The van der Waals surface area contributed by atoms with Crippen LogP contribution in [0.1, 0.15) is 34.6 Å². The number of hydrogen-bond acceptors (Lipinski definition) is 41. The van der Waals surface area contributed by atoms with E-state index in [0.717, 1.165) is 34.6 Å². The first-order chi connectivity index (χ1) is 49.2. The Morgan fingerprint density at radius 1 is 0.250 bits per heavy atom. The lowest BCUT2D eigenvalue weighted by Gasteiger charge is -2.51. The summed E-state index contributed by atoms with van der Waals surface area (Å²) in [6.07, 6.45) is -70.4. The molecular formula is C58H97N5O41. The van der Waals surface area contributed by atoms with Gasteiger partial charge in [-0.3, -0.25) is 24.0 Å². The van der Waals surface area contributed by atoms with Crippen LogP contribution in [0.2, 0.25) is 0 Å². The van der Waals surface area contributed by atoms with Crippen LogP contribution in [0.3, 0.4) is 0 Å². The normalized spacial score (nSPS) is 47.2. The van der Waals surface area contributed by atoms with E-state index < -0.39 is 328 Å². The molecule has 104 heavy (non-hydrogen) atoms. The highest BCUT2D eigenvalue weighted by molar-refractivity contribution is 5.75. The summed E-state index contributed by atoms with van der Waals surface area (Å²) >= 11 is 0. The molecule has 8 fully saturated rings. The van der Waals surface area contributed by atoms with E-state index in [1.54, 1.807) is 0 Å². The standard InChI is InChI=1S/C58H97N5O41/c1-14(71)59-27-38(82)32(76)19(6-64)92-53(27)103-49-36(80)23(10-68)95-57(43(49)87)102-48-31(63-18(5)75)55(93-22(9-67)35(48)79)104-50-37(81)26(13-90-52-28(60-15(2)72)39(83)45(24(11-69)96-52)99-56-42(86)41(85)33(77)20(7-65)94-56)98-58(44(50)88)100-46-25(12-70)97-54(29(40(46)84)61-16(3)73)101-47-30(62-17(4)74)51(89)91-21(8-66)34(47)78/h19-58,64-70,76-89H,6-13H2,1-5H3,(H,59,71)(H,60,72)(H,61,73)(H,62,74)(H,63,75)/t19-,20-,21-,22-,23-,24-,25-,26-,27-,28-,29-,30-,31-,32+,33+,34+,35-,36+,37+,38-,39-,40-,41+,42-,43-,44-,45-,46-,47-,48-,49+,50+,51+,52-,53-,54+,55+,56+,57+,58+/m1/s1. The first-order valence-electron chi connectivity index (χ1n) is 33.1. The van der Waals surface area contributed by atoms with Crippen LogP contribution >= 0.6 is 0 Å². The number of aliphatic hydroxyl groups excluding tert-OH is 21. The molecular weight excluding hydrogens is 1420 g/mol. The van der Waals surface area contributed by atoms with Gasteiger partial charge in [-0.25, -0.2) is 0 Å². The Kier molecular flexibility index (Phi) is 30.9. The second kappa shape index (κ2) is 37.5. The van der Waals surface area contributed by atoms with Gasteiger partial charge in [-0.2, -0.15) is 0 Å². The zero-order chi connectivity index (χ0) is 76.8. The molecule has 40 atom stereocenters. The summed E-state index contributed by atoms with van der Waals surface area (Å²) in [5, 5.41) is 245. The third-order valence-corrected chi connectivity index (χ3v) is 18.6. The van der Waals surface area contributed by atoms with Crippen molar-refractivity contribution in [2.75, 3.05) is 52.9 Å². The minimum absolute atomic E-state index is 0.796. The zero-order valence-electron chi connectivity index (χ0n) is 56.3. The molecule has 0 aliphatic carbocycles. The summed E-state index contributed by atoms with van der Waals surface area (Å²) in [5.74, 6) is -4.40. The number of aliphatic hydroxyl groups is 21. The molecule has 8 rings (SSSR count). The Bertz CT molecular complexity index is 2770. The van der Waals surface area contributed by atoms with Crippen LogP contribution in [-0.4, -0.2) is 435 Å². The van der Waals surface area contributed by atoms with E-state index in [2.05, 4.69) is 26.6 Å². The highest BCUT2D eigenvalue weighted by Crippen LogP contribution is 2.39. The van der Waals surface area contributed by atoms with Crippen molar-refractivity contribution in [1.29, 1.82) is 0 Å². The second-order valence-corrected chi connectivity index (χ2v) is 26.1. The molecule has 600 valence electrons. The van der Waals surface area contributed by atoms with Crippen LogP contribution in [0, 0.1) is 0 Å². The molecule has 8 aliphatic heterocycles. The average Bonchev–Trinajstić information content (AvgIpc) is 0.773. The van der Waals surface area contributed by atoms with Gasteiger partial charge in [-0.05, 0) is 0 Å². The van der Waals surface area contributed by atoms with Crippen molar-refractivity contribution in [3.63, 3.8) is 0 Å². The number of carbonyl (C=O) groups is 5. The SMILES string of the molecule is CC(=O)N[C@@H]1[C@@H](O[C@@H]2O[C@H](CO)[C@@H](O[C@@H]3O[C@H](CO[C@@H]4O[C@H](CO)[C@@H](O[C@@H]5O[C@H](CO)[C@H](O)[C@H](O)[C@H]5O)[C@H](O)[C@H]4NC(C)=O)[C@H](O)[C@H](O[C@@H]4O[C@H](CO)[C@@H](O)[C@H](O[C@@H]5O[C@H](CO)[C@H](O)[C@H](O[C@H]6O[C@H](CO)[C@H](O)[C@H](O)[C@H]6NC(C)=O)[C@H]5O)[C@H]4NC(C)=O)[C@H]3O)[C@H](O)[C@H]2NC(C)=O)[C@@H](O)[C@@H](CO)O[C@@H]1O. The highest BCUT2D eigenvalue weighted by Gasteiger charge is 2.60. The van der Waals surface area contributed by atoms with Crippen molar-refractivity contribution >= 4 is 29.5 Å². The largest absolute Gasteiger partial charge is 0.394 e. The predicted molar refractivity (Wildman–Crippen MR) is 322 cm³/mol. The van der Waals surface area contributed by atoms with Gasteiger partial charge in [0.05, 0.1) is 52.9 Å². The van der Waals surface area contributed by atoms with Gasteiger partial charge in [0.25, 0.3) is 0 Å². The maximum Gasteiger partial charge on any atom is 0.217 e. The van der Waals surface area contributed by atoms with Crippen molar-refractivity contribution in [2.24, 2.45) is 0 Å². The molecule has 46 heteroatoms. The zero-order valence-corrected chi connectivity index (χ0v) is 56.3. The minimum Gasteiger partial charge on any atom is -0.394 e. The Morgan fingerprint density at radius 2 is 0.519 bits per heavy atom. The monoisotopic (exact) mass is 1520 g/mol. The van der Waals surface area contributed by atoms with Crippen molar-refractivity contribution in [2.45, 2.75) is 280 Å². The Morgan fingerprint density at radius 3 is 0.952 bits per heavy atom. The van der Waals surface area contributed by atoms with Gasteiger partial charge < -0.3 is 205 Å². The summed E-state index contributed by atoms with van der Waals surface area (Å²) in [7, 11) is 0. The number of carbonyl (C=O) groups excluding carboxylic acids is 5. The molecule has 0 spiro atoms. The molecule has 46 nitrogen and oxygen atoms in total. The number of nitrogens with one attached hydrogen (secondary N) is 5. The first kappa shape index (κ1) is 85.5. The number of amides is 5. The topological polar surface area (TPSA) is 709 Å². The Labute approximate surface area is 589 Å². The maximum absolute atomic E-state index is 13.3. The Hall–Kier alpha value is -4.09. The third kappa shape index (κ3) is 19.2. The van der Waals surface area contributed by atoms with Crippen LogP contribution in [-0.2, 0) is 95.0 Å². The second-order valence-electron chi connectivity index (χ2n) is 26.1. The van der Waals surface area contributed by atoms with Gasteiger partial charge in [-0.1, -0.05) is 0 Å². The van der Waals surface area contributed by atoms with Crippen LogP contribution in [0.25, 0.3) is 0 Å². The van der Waals surface area contributed by atoms with E-state index in [4.69, 9.17) is 71.1 Å². The lowest BCUT2D eigenvalue weighted by molar-refractivity contribution is -0.386. The molecule has 8 aliphatic rings. The minimum atomic E-state index is -2.49. The molecule has 0 aromatic rings. The summed E-state index contributed by atoms with van der Waals surface area (Å²) in [5.41, 5.74) is 0. The summed E-state index contributed by atoms with van der Waals surface area (Å²) in [6.45, 7) is -3.48. The average molecular weight is 1520 g/mol. The van der Waals surface area contributed by atoms with Gasteiger partial charge in [0.15, 0.2) is 50.3 Å². The molecule has 5 amide bonds. The Balaban J connectivity index is 1.13. The molecule has 0 radical (unpaired) electrons. The maximum atomic E-state index is 13.3. The van der Waals surface area contributed by atoms with E-state index in [-0.39, 0.29) is 0 Å². The van der Waals surface area contributed by atoms with Crippen molar-refractivity contribution in [3.8, 4) is 0 Å². The smallest absolute Gasteiger partial charge is 0.217 e. The van der Waals surface area contributed by atoms with E-state index in [1.807, 2.05) is 0 Å². The first-order valence-corrected chi connectivity index (χ1v) is 33.1. The van der Waals surface area contributed by atoms with E-state index in [9.17, 15) is 131 Å². The number of rotatable bonds is 27. The third-order valence-electron chi connectivity index (χ3n) is 18.6. The van der Waals surface area contributed by atoms with Gasteiger partial charge in [0.1, 0.15) is 195 Å². The fourth-order valence-electron chi connectivity index (χ4n) is 13.4. The summed E-state index contributed by atoms with van der Waals surface area (Å²) in [6, 6.07) is -9.03. The fourth-order valence-corrected chi connectivity index (χ4v) is 13.4. The van der Waals surface area contributed by atoms with Crippen LogP contribution in [0.4, 0.5) is 0 Å². The molecule has 8 saturated heterocycles. The summed E-state index contributed by atoms with van der Waals surface area (Å²) < 4.78 is 88.7. The molecule has 8 heterocycles. The molecule has 26 N–H and O–H groups in total. The van der Waals surface area contributed by atoms with E-state index in [1.165, 1.54) is 0 Å². The van der Waals surface area contributed by atoms with Gasteiger partial charge >= 0.3 is 0 Å². The van der Waals surface area contributed by atoms with Gasteiger partial charge in [0, 0.05) is 34.6 Å². The number of hydrogen-bond donors (Lipinski definition) is 26. The van der Waals surface area contributed by atoms with E-state index in [0.29, 0.717) is 0 Å². The lowest BCUT2D eigenvalue weighted by Crippen LogP contribution is -2.71. The van der Waals surface area contributed by atoms with Crippen LogP contribution in [0.5, 0.6) is 0 Å². The van der Waals surface area contributed by atoms with Crippen molar-refractivity contribution < 1.29 is 202 Å². The van der Waals surface area contributed by atoms with Gasteiger partial charge in [-0.15, -0.1) is 0 Å². The van der Waals surface area contributed by atoms with Gasteiger partial charge in [0.2, 0.25) is 29.5 Å². The lowest BCUT2D eigenvalue weighted by atomic mass is 9.93. The predicted octanol–water partition coefficient (Wildman–Crippen LogP) is -17.7. The van der Waals surface area contributed by atoms with Crippen LogP contribution < -0.4 is 26.6 Å². The quantitative estimate of drug-likeness (QED) is 0.0363. The van der Waals surface area contributed by atoms with Crippen molar-refractivity contribution in [3.05, 3.63) is 0 Å². The molecule has 0 aromatic carbocycles. The molecule has 0 bridgehead atoms. The highest BCUT2D eigenvalue weighted by atomic mass is 16.8. The van der Waals surface area contributed by atoms with E-state index >= 15 is 0 Å².